The molecular weight excluding hydrogens is 346 g/mol. The normalized spacial score (nSPS) is 26.8. The lowest BCUT2D eigenvalue weighted by atomic mass is 9.97. The van der Waals surface area contributed by atoms with Crippen LogP contribution < -0.4 is 5.69 Å². The number of piperidine rings is 1. The summed E-state index contributed by atoms with van der Waals surface area (Å²) < 4.78 is 7.71. The number of rotatable bonds is 5. The number of nitrogens with zero attached hydrogens (tertiary/aromatic N) is 3. The molecule has 0 bridgehead atoms. The van der Waals surface area contributed by atoms with Crippen molar-refractivity contribution in [3.8, 4) is 0 Å². The minimum absolute atomic E-state index is 0.0688. The second-order valence-corrected chi connectivity index (χ2v) is 9.03. The number of thioether (sulfide) groups is 1. The number of aromatic nitrogens is 2. The molecule has 1 aromatic heterocycles. The van der Waals surface area contributed by atoms with Crippen molar-refractivity contribution in [3.05, 3.63) is 21.7 Å². The molecule has 5 nitrogen and oxygen atoms in total. The van der Waals surface area contributed by atoms with E-state index in [4.69, 9.17) is 4.74 Å². The van der Waals surface area contributed by atoms with E-state index in [9.17, 15) is 4.79 Å². The quantitative estimate of drug-likeness (QED) is 0.583. The van der Waals surface area contributed by atoms with Crippen LogP contribution in [0.5, 0.6) is 0 Å². The molecule has 2 unspecified atom stereocenters. The Morgan fingerprint density at radius 1 is 1.15 bits per heavy atom. The molecule has 0 radical (unpaired) electrons. The van der Waals surface area contributed by atoms with Crippen molar-refractivity contribution >= 4 is 11.8 Å². The van der Waals surface area contributed by atoms with E-state index >= 15 is 0 Å². The van der Waals surface area contributed by atoms with Gasteiger partial charge in [-0.2, -0.15) is 4.98 Å². The standard InChI is InChI=1S/C20H31N3O2S/c1-22-11-5-4-7-15(22)14-26-19-17-9-2-3-10-18(17)23(20(24)21-19)13-16-8-6-12-25-16/h15-16H,2-14H2,1H3. The molecule has 0 spiro atoms. The van der Waals surface area contributed by atoms with Crippen molar-refractivity contribution in [2.24, 2.45) is 0 Å². The fraction of sp³-hybridized carbons (Fsp3) is 0.800. The Bertz CT molecular complexity index is 684. The van der Waals surface area contributed by atoms with Crippen LogP contribution in [0.15, 0.2) is 9.82 Å². The first-order chi connectivity index (χ1) is 12.7. The molecule has 1 aromatic rings. The van der Waals surface area contributed by atoms with Gasteiger partial charge in [0.1, 0.15) is 5.03 Å². The first-order valence-corrected chi connectivity index (χ1v) is 11.3. The minimum atomic E-state index is -0.0688. The number of ether oxygens (including phenoxy) is 1. The van der Waals surface area contributed by atoms with Crippen LogP contribution in [0, 0.1) is 0 Å². The van der Waals surface area contributed by atoms with Crippen LogP contribution in [0.25, 0.3) is 0 Å². The van der Waals surface area contributed by atoms with Crippen LogP contribution in [-0.2, 0) is 24.1 Å². The zero-order valence-electron chi connectivity index (χ0n) is 15.9. The maximum Gasteiger partial charge on any atom is 0.348 e. The Hall–Kier alpha value is -0.850. The largest absolute Gasteiger partial charge is 0.376 e. The van der Waals surface area contributed by atoms with E-state index in [1.54, 1.807) is 0 Å². The van der Waals surface area contributed by atoms with Gasteiger partial charge >= 0.3 is 5.69 Å². The molecular formula is C20H31N3O2S. The molecule has 0 N–H and O–H groups in total. The summed E-state index contributed by atoms with van der Waals surface area (Å²) in [5, 5.41) is 1.01. The molecule has 6 heteroatoms. The van der Waals surface area contributed by atoms with Crippen molar-refractivity contribution in [3.63, 3.8) is 0 Å². The topological polar surface area (TPSA) is 47.4 Å². The number of hydrogen-bond donors (Lipinski definition) is 0. The summed E-state index contributed by atoms with van der Waals surface area (Å²) in [5.74, 6) is 1.05. The van der Waals surface area contributed by atoms with Crippen molar-refractivity contribution in [2.45, 2.75) is 81.5 Å². The first kappa shape index (κ1) is 18.5. The molecule has 3 aliphatic rings. The SMILES string of the molecule is CN1CCCCC1CSc1nc(=O)n(CC2CCCO2)c2c1CCCC2. The van der Waals surface area contributed by atoms with Crippen LogP contribution in [-0.4, -0.2) is 52.5 Å². The summed E-state index contributed by atoms with van der Waals surface area (Å²) >= 11 is 1.81. The maximum absolute atomic E-state index is 12.8. The molecule has 2 atom stereocenters. The van der Waals surface area contributed by atoms with Gasteiger partial charge in [0.05, 0.1) is 12.6 Å². The number of fused-ring (bicyclic) bond motifs is 1. The van der Waals surface area contributed by atoms with Gasteiger partial charge < -0.3 is 9.64 Å². The zero-order chi connectivity index (χ0) is 17.9. The summed E-state index contributed by atoms with van der Waals surface area (Å²) in [6.07, 6.45) is 10.7. The molecule has 144 valence electrons. The van der Waals surface area contributed by atoms with Gasteiger partial charge in [-0.15, -0.1) is 11.8 Å². The Morgan fingerprint density at radius 3 is 2.85 bits per heavy atom. The summed E-state index contributed by atoms with van der Waals surface area (Å²) in [7, 11) is 2.23. The minimum Gasteiger partial charge on any atom is -0.376 e. The van der Waals surface area contributed by atoms with Gasteiger partial charge in [0.2, 0.25) is 0 Å². The Balaban J connectivity index is 1.55. The van der Waals surface area contributed by atoms with Crippen LogP contribution in [0.2, 0.25) is 0 Å². The van der Waals surface area contributed by atoms with Crippen molar-refractivity contribution < 1.29 is 4.74 Å². The monoisotopic (exact) mass is 377 g/mol. The maximum atomic E-state index is 12.8. The molecule has 0 aromatic carbocycles. The highest BCUT2D eigenvalue weighted by atomic mass is 32.2. The summed E-state index contributed by atoms with van der Waals surface area (Å²) in [4.78, 5) is 19.8. The third-order valence-corrected chi connectivity index (χ3v) is 7.36. The Kier molecular flexibility index (Phi) is 6.01. The molecule has 1 aliphatic carbocycles. The number of hydrogen-bond acceptors (Lipinski definition) is 5. The third kappa shape index (κ3) is 4.02. The van der Waals surface area contributed by atoms with E-state index in [1.807, 2.05) is 16.3 Å². The van der Waals surface area contributed by atoms with Crippen LogP contribution in [0.4, 0.5) is 0 Å². The lowest BCUT2D eigenvalue weighted by Gasteiger charge is -2.32. The van der Waals surface area contributed by atoms with Crippen molar-refractivity contribution in [2.75, 3.05) is 26.0 Å². The van der Waals surface area contributed by atoms with Crippen LogP contribution >= 0.6 is 11.8 Å². The molecule has 4 rings (SSSR count). The van der Waals surface area contributed by atoms with Crippen LogP contribution in [0.3, 0.4) is 0 Å². The van der Waals surface area contributed by atoms with Gasteiger partial charge in [0.25, 0.3) is 0 Å². The van der Waals surface area contributed by atoms with E-state index in [0.29, 0.717) is 12.6 Å². The lowest BCUT2D eigenvalue weighted by Crippen LogP contribution is -2.38. The van der Waals surface area contributed by atoms with Crippen molar-refractivity contribution in [1.29, 1.82) is 0 Å². The third-order valence-electron chi connectivity index (χ3n) is 6.19. The van der Waals surface area contributed by atoms with Gasteiger partial charge in [0.15, 0.2) is 0 Å². The molecule has 2 fully saturated rings. The lowest BCUT2D eigenvalue weighted by molar-refractivity contribution is 0.0947. The van der Waals surface area contributed by atoms with Gasteiger partial charge in [0, 0.05) is 29.7 Å². The van der Waals surface area contributed by atoms with E-state index in [2.05, 4.69) is 16.9 Å². The van der Waals surface area contributed by atoms with E-state index < -0.39 is 0 Å². The fourth-order valence-electron chi connectivity index (χ4n) is 4.58. The average Bonchev–Trinajstić information content (AvgIpc) is 3.17. The zero-order valence-corrected chi connectivity index (χ0v) is 16.7. The second-order valence-electron chi connectivity index (χ2n) is 8.02. The van der Waals surface area contributed by atoms with E-state index in [-0.39, 0.29) is 11.8 Å². The van der Waals surface area contributed by atoms with E-state index in [0.717, 1.165) is 43.1 Å². The van der Waals surface area contributed by atoms with Crippen molar-refractivity contribution in [1.82, 2.24) is 14.5 Å². The smallest absolute Gasteiger partial charge is 0.348 e. The summed E-state index contributed by atoms with van der Waals surface area (Å²) in [5.41, 5.74) is 2.52. The van der Waals surface area contributed by atoms with Gasteiger partial charge in [-0.05, 0) is 65.0 Å². The highest BCUT2D eigenvalue weighted by molar-refractivity contribution is 7.99. The van der Waals surface area contributed by atoms with Gasteiger partial charge in [-0.25, -0.2) is 4.79 Å². The summed E-state index contributed by atoms with van der Waals surface area (Å²) in [6.45, 7) is 2.71. The average molecular weight is 378 g/mol. The van der Waals surface area contributed by atoms with E-state index in [1.165, 1.54) is 49.9 Å². The van der Waals surface area contributed by atoms with Gasteiger partial charge in [-0.3, -0.25) is 4.57 Å². The molecule has 3 heterocycles. The summed E-state index contributed by atoms with van der Waals surface area (Å²) in [6, 6.07) is 0.615. The molecule has 2 aliphatic heterocycles. The Labute approximate surface area is 160 Å². The molecule has 2 saturated heterocycles. The Morgan fingerprint density at radius 2 is 2.04 bits per heavy atom. The van der Waals surface area contributed by atoms with Crippen LogP contribution in [0.1, 0.15) is 56.2 Å². The predicted molar refractivity (Wildman–Crippen MR) is 105 cm³/mol. The second kappa shape index (κ2) is 8.44. The predicted octanol–water partition coefficient (Wildman–Crippen LogP) is 2.88. The highest BCUT2D eigenvalue weighted by Crippen LogP contribution is 2.31. The molecule has 26 heavy (non-hydrogen) atoms. The molecule has 0 amide bonds. The highest BCUT2D eigenvalue weighted by Gasteiger charge is 2.25. The molecule has 0 saturated carbocycles. The van der Waals surface area contributed by atoms with Gasteiger partial charge in [-0.1, -0.05) is 6.42 Å². The number of likely N-dealkylation sites (tertiary alicyclic amines) is 1. The first-order valence-electron chi connectivity index (χ1n) is 10.3. The fourth-order valence-corrected chi connectivity index (χ4v) is 5.89.